The van der Waals surface area contributed by atoms with Crippen molar-refractivity contribution in [3.05, 3.63) is 82.7 Å². The average molecular weight is 478 g/mol. The fourth-order valence-corrected chi connectivity index (χ4v) is 4.37. The molecule has 0 fully saturated rings. The Labute approximate surface area is 200 Å². The molecule has 1 amide bonds. The molecule has 34 heavy (non-hydrogen) atoms. The van der Waals surface area contributed by atoms with Crippen molar-refractivity contribution in [2.75, 3.05) is 26.6 Å². The van der Waals surface area contributed by atoms with Crippen LogP contribution in [0, 0.1) is 0 Å². The van der Waals surface area contributed by atoms with Crippen LogP contribution in [-0.2, 0) is 11.3 Å². The quantitative estimate of drug-likeness (QED) is 0.336. The zero-order valence-corrected chi connectivity index (χ0v) is 19.7. The first-order valence-corrected chi connectivity index (χ1v) is 11.2. The normalized spacial score (nSPS) is 10.6. The first-order valence-electron chi connectivity index (χ1n) is 10.4. The maximum atomic E-state index is 12.9. The zero-order chi connectivity index (χ0) is 24.1. The number of carbonyl (C=O) groups excluding carboxylic acids is 2. The minimum absolute atomic E-state index is 0.217. The highest BCUT2D eigenvalue weighted by Gasteiger charge is 2.14. The summed E-state index contributed by atoms with van der Waals surface area (Å²) in [5.41, 5.74) is 1.82. The minimum Gasteiger partial charge on any atom is -0.497 e. The Morgan fingerprint density at radius 3 is 2.47 bits per heavy atom. The molecule has 4 rings (SSSR count). The van der Waals surface area contributed by atoms with E-state index in [-0.39, 0.29) is 18.5 Å². The number of benzene rings is 3. The largest absolute Gasteiger partial charge is 0.497 e. The number of amides is 1. The third kappa shape index (κ3) is 5.13. The van der Waals surface area contributed by atoms with Gasteiger partial charge in [-0.3, -0.25) is 4.79 Å². The Kier molecular flexibility index (Phi) is 6.98. The van der Waals surface area contributed by atoms with Gasteiger partial charge in [-0.15, -0.1) is 11.3 Å². The summed E-state index contributed by atoms with van der Waals surface area (Å²) < 4.78 is 22.3. The number of rotatable bonds is 8. The maximum Gasteiger partial charge on any atom is 0.348 e. The van der Waals surface area contributed by atoms with Gasteiger partial charge >= 0.3 is 5.97 Å². The van der Waals surface area contributed by atoms with Crippen LogP contribution in [0.15, 0.2) is 66.7 Å². The van der Waals surface area contributed by atoms with Crippen LogP contribution in [0.25, 0.3) is 10.1 Å². The number of esters is 1. The van der Waals surface area contributed by atoms with Crippen molar-refractivity contribution in [3.8, 4) is 17.2 Å². The number of methoxy groups -OCH3 is 3. The number of hydrogen-bond acceptors (Lipinski definition) is 7. The van der Waals surface area contributed by atoms with Crippen LogP contribution < -0.4 is 19.5 Å². The third-order valence-electron chi connectivity index (χ3n) is 5.14. The van der Waals surface area contributed by atoms with Crippen LogP contribution in [0.4, 0.5) is 5.69 Å². The van der Waals surface area contributed by atoms with E-state index in [0.717, 1.165) is 15.6 Å². The van der Waals surface area contributed by atoms with Crippen molar-refractivity contribution in [1.29, 1.82) is 0 Å². The number of thiophene rings is 1. The number of fused-ring (bicyclic) bond motifs is 1. The second-order valence-corrected chi connectivity index (χ2v) is 8.39. The van der Waals surface area contributed by atoms with Crippen molar-refractivity contribution in [2.24, 2.45) is 0 Å². The molecule has 0 aliphatic rings. The summed E-state index contributed by atoms with van der Waals surface area (Å²) in [5, 5.41) is 3.76. The molecule has 1 N–H and O–H groups in total. The number of anilines is 1. The lowest BCUT2D eigenvalue weighted by molar-refractivity contribution is 0.0606. The van der Waals surface area contributed by atoms with Gasteiger partial charge in [-0.25, -0.2) is 4.79 Å². The van der Waals surface area contributed by atoms with Crippen LogP contribution in [0.2, 0.25) is 0 Å². The molecule has 1 heterocycles. The van der Waals surface area contributed by atoms with Gasteiger partial charge < -0.3 is 24.3 Å². The average Bonchev–Trinajstić information content (AvgIpc) is 3.30. The van der Waals surface area contributed by atoms with Crippen LogP contribution in [-0.4, -0.2) is 33.2 Å². The van der Waals surface area contributed by atoms with E-state index in [1.54, 1.807) is 50.6 Å². The number of nitrogens with one attached hydrogen (secondary N) is 1. The summed E-state index contributed by atoms with van der Waals surface area (Å²) >= 11 is 1.34. The Balaban J connectivity index is 1.51. The highest BCUT2D eigenvalue weighted by molar-refractivity contribution is 7.20. The van der Waals surface area contributed by atoms with Crippen molar-refractivity contribution in [1.82, 2.24) is 0 Å². The Hall–Kier alpha value is -4.04. The lowest BCUT2D eigenvalue weighted by atomic mass is 10.1. The van der Waals surface area contributed by atoms with E-state index in [4.69, 9.17) is 18.9 Å². The van der Waals surface area contributed by atoms with Crippen molar-refractivity contribution in [3.63, 3.8) is 0 Å². The standard InChI is InChI=1S/C26H23NO6S/c1-30-20-5-4-6-21(14-20)33-15-18-11-16(7-9-22(18)31-2)25(28)27-19-8-10-23-17(12-19)13-24(34-23)26(29)32-3/h4-14H,15H2,1-3H3,(H,27,28). The fourth-order valence-electron chi connectivity index (χ4n) is 3.41. The highest BCUT2D eigenvalue weighted by atomic mass is 32.1. The molecule has 4 aromatic rings. The molecule has 0 bridgehead atoms. The molecule has 7 nitrogen and oxygen atoms in total. The van der Waals surface area contributed by atoms with Crippen LogP contribution in [0.5, 0.6) is 17.2 Å². The van der Waals surface area contributed by atoms with Gasteiger partial charge in [-0.2, -0.15) is 0 Å². The van der Waals surface area contributed by atoms with E-state index in [9.17, 15) is 9.59 Å². The van der Waals surface area contributed by atoms with Gasteiger partial charge in [0.15, 0.2) is 0 Å². The Bertz CT molecular complexity index is 1350. The van der Waals surface area contributed by atoms with Gasteiger partial charge in [0.25, 0.3) is 5.91 Å². The summed E-state index contributed by atoms with van der Waals surface area (Å²) in [6, 6.07) is 19.7. The zero-order valence-electron chi connectivity index (χ0n) is 18.9. The molecule has 0 aliphatic carbocycles. The van der Waals surface area contributed by atoms with E-state index in [1.165, 1.54) is 18.4 Å². The number of ether oxygens (including phenoxy) is 4. The molecule has 0 atom stereocenters. The smallest absolute Gasteiger partial charge is 0.348 e. The molecule has 0 radical (unpaired) electrons. The first-order chi connectivity index (χ1) is 16.5. The van der Waals surface area contributed by atoms with Gasteiger partial charge in [-0.05, 0) is 60.0 Å². The summed E-state index contributed by atoms with van der Waals surface area (Å²) in [6.07, 6.45) is 0. The van der Waals surface area contributed by atoms with E-state index < -0.39 is 0 Å². The SMILES string of the molecule is COC(=O)c1cc2cc(NC(=O)c3ccc(OC)c(COc4cccc(OC)c4)c3)ccc2s1. The van der Waals surface area contributed by atoms with E-state index in [0.29, 0.717) is 33.4 Å². The predicted octanol–water partition coefficient (Wildman–Crippen LogP) is 5.54. The molecule has 3 aromatic carbocycles. The van der Waals surface area contributed by atoms with Crippen molar-refractivity contribution >= 4 is 39.0 Å². The number of hydrogen-bond donors (Lipinski definition) is 1. The molecule has 0 saturated carbocycles. The monoisotopic (exact) mass is 477 g/mol. The van der Waals surface area contributed by atoms with E-state index >= 15 is 0 Å². The Morgan fingerprint density at radius 1 is 0.882 bits per heavy atom. The van der Waals surface area contributed by atoms with Crippen molar-refractivity contribution < 1.29 is 28.5 Å². The summed E-state index contributed by atoms with van der Waals surface area (Å²) in [7, 11) is 4.52. The van der Waals surface area contributed by atoms with Crippen molar-refractivity contribution in [2.45, 2.75) is 6.61 Å². The van der Waals surface area contributed by atoms with Gasteiger partial charge in [-0.1, -0.05) is 6.07 Å². The van der Waals surface area contributed by atoms with Crippen LogP contribution in [0.3, 0.4) is 0 Å². The molecule has 174 valence electrons. The van der Waals surface area contributed by atoms with Gasteiger partial charge in [0.2, 0.25) is 0 Å². The molecule has 0 spiro atoms. The molecule has 8 heteroatoms. The second-order valence-electron chi connectivity index (χ2n) is 7.30. The van der Waals surface area contributed by atoms with E-state index in [2.05, 4.69) is 5.32 Å². The minimum atomic E-state index is -0.381. The summed E-state index contributed by atoms with van der Waals surface area (Å²) in [6.45, 7) is 0.217. The topological polar surface area (TPSA) is 83.1 Å². The fraction of sp³-hybridized carbons (Fsp3) is 0.154. The Morgan fingerprint density at radius 2 is 1.71 bits per heavy atom. The lowest BCUT2D eigenvalue weighted by Gasteiger charge is -2.13. The maximum absolute atomic E-state index is 12.9. The molecular formula is C26H23NO6S. The molecular weight excluding hydrogens is 454 g/mol. The summed E-state index contributed by atoms with van der Waals surface area (Å²) in [5.74, 6) is 1.31. The van der Waals surface area contributed by atoms with Crippen LogP contribution >= 0.6 is 11.3 Å². The number of carbonyl (C=O) groups is 2. The first kappa shape index (κ1) is 23.1. The van der Waals surface area contributed by atoms with Gasteiger partial charge in [0, 0.05) is 27.6 Å². The van der Waals surface area contributed by atoms with Crippen LogP contribution in [0.1, 0.15) is 25.6 Å². The molecule has 0 aliphatic heterocycles. The lowest BCUT2D eigenvalue weighted by Crippen LogP contribution is -2.12. The van der Waals surface area contributed by atoms with E-state index in [1.807, 2.05) is 30.3 Å². The summed E-state index contributed by atoms with van der Waals surface area (Å²) in [4.78, 5) is 25.2. The second kappa shape index (κ2) is 10.3. The van der Waals surface area contributed by atoms with Gasteiger partial charge in [0.05, 0.1) is 21.3 Å². The third-order valence-corrected chi connectivity index (χ3v) is 6.24. The molecule has 1 aromatic heterocycles. The molecule has 0 unspecified atom stereocenters. The predicted molar refractivity (Wildman–Crippen MR) is 131 cm³/mol. The van der Waals surface area contributed by atoms with Gasteiger partial charge in [0.1, 0.15) is 28.7 Å². The highest BCUT2D eigenvalue weighted by Crippen LogP contribution is 2.29. The molecule has 0 saturated heterocycles.